The van der Waals surface area contributed by atoms with Crippen molar-refractivity contribution in [3.05, 3.63) is 29.8 Å². The maximum absolute atomic E-state index is 11.9. The minimum atomic E-state index is -0.148. The first-order valence-electron chi connectivity index (χ1n) is 7.52. The molecule has 0 bridgehead atoms. The minimum Gasteiger partial charge on any atom is -0.336 e. The van der Waals surface area contributed by atoms with Crippen molar-refractivity contribution in [1.29, 1.82) is 0 Å². The lowest BCUT2D eigenvalue weighted by Gasteiger charge is -2.24. The molecular formula is C16H23N3O2. The van der Waals surface area contributed by atoms with E-state index in [9.17, 15) is 9.59 Å². The molecule has 1 aliphatic rings. The number of urea groups is 1. The summed E-state index contributed by atoms with van der Waals surface area (Å²) in [5.74, 6) is -0.0136. The van der Waals surface area contributed by atoms with Gasteiger partial charge in [-0.2, -0.15) is 0 Å². The Hall–Kier alpha value is -2.04. The second-order valence-corrected chi connectivity index (χ2v) is 5.33. The molecule has 1 saturated carbocycles. The number of carbonyl (C=O) groups excluding carboxylic acids is 2. The highest BCUT2D eigenvalue weighted by Crippen LogP contribution is 2.21. The van der Waals surface area contributed by atoms with E-state index >= 15 is 0 Å². The standard InChI is InChI=1S/C16H23N3O2/c1-3-13-6-4-5-7-15(13)19(12(2)20)11-10-17-16(21)18-14-8-9-14/h4-7,14H,3,8-11H2,1-2H3,(H2,17,18,21). The fraction of sp³-hybridized carbons (Fsp3) is 0.500. The van der Waals surface area contributed by atoms with Crippen LogP contribution in [-0.2, 0) is 11.2 Å². The van der Waals surface area contributed by atoms with E-state index in [4.69, 9.17) is 0 Å². The SMILES string of the molecule is CCc1ccccc1N(CCNC(=O)NC1CC1)C(C)=O. The van der Waals surface area contributed by atoms with Crippen LogP contribution in [0.1, 0.15) is 32.3 Å². The quantitative estimate of drug-likeness (QED) is 0.842. The van der Waals surface area contributed by atoms with E-state index in [1.807, 2.05) is 24.3 Å². The number of carbonyl (C=O) groups is 2. The molecule has 0 aromatic heterocycles. The summed E-state index contributed by atoms with van der Waals surface area (Å²) in [4.78, 5) is 25.2. The Morgan fingerprint density at radius 2 is 2.00 bits per heavy atom. The second-order valence-electron chi connectivity index (χ2n) is 5.33. The van der Waals surface area contributed by atoms with E-state index in [-0.39, 0.29) is 11.9 Å². The third-order valence-electron chi connectivity index (χ3n) is 3.58. The van der Waals surface area contributed by atoms with Gasteiger partial charge in [0, 0.05) is 31.7 Å². The highest BCUT2D eigenvalue weighted by atomic mass is 16.2. The summed E-state index contributed by atoms with van der Waals surface area (Å²) in [7, 11) is 0. The number of hydrogen-bond acceptors (Lipinski definition) is 2. The number of benzene rings is 1. The highest BCUT2D eigenvalue weighted by Gasteiger charge is 2.23. The van der Waals surface area contributed by atoms with Gasteiger partial charge in [-0.15, -0.1) is 0 Å². The van der Waals surface area contributed by atoms with Gasteiger partial charge in [0.2, 0.25) is 5.91 Å². The molecule has 0 saturated heterocycles. The Bertz CT molecular complexity index is 512. The molecule has 1 fully saturated rings. The Kier molecular flexibility index (Phi) is 5.20. The van der Waals surface area contributed by atoms with E-state index in [1.54, 1.807) is 11.8 Å². The molecule has 1 aromatic rings. The van der Waals surface area contributed by atoms with Crippen molar-refractivity contribution < 1.29 is 9.59 Å². The topological polar surface area (TPSA) is 61.4 Å². The molecule has 1 aliphatic carbocycles. The van der Waals surface area contributed by atoms with Crippen LogP contribution in [0.4, 0.5) is 10.5 Å². The van der Waals surface area contributed by atoms with Crippen molar-refractivity contribution in [2.24, 2.45) is 0 Å². The second kappa shape index (κ2) is 7.11. The molecule has 3 amide bonds. The first kappa shape index (κ1) is 15.4. The number of nitrogens with one attached hydrogen (secondary N) is 2. The Morgan fingerprint density at radius 3 is 2.62 bits per heavy atom. The van der Waals surface area contributed by atoms with Crippen LogP contribution in [0.5, 0.6) is 0 Å². The molecule has 21 heavy (non-hydrogen) atoms. The normalized spacial score (nSPS) is 13.6. The molecule has 114 valence electrons. The van der Waals surface area contributed by atoms with Crippen molar-refractivity contribution in [2.75, 3.05) is 18.0 Å². The third kappa shape index (κ3) is 4.48. The molecule has 2 rings (SSSR count). The fourth-order valence-corrected chi connectivity index (χ4v) is 2.27. The lowest BCUT2D eigenvalue weighted by atomic mass is 10.1. The van der Waals surface area contributed by atoms with Gasteiger partial charge >= 0.3 is 6.03 Å². The zero-order valence-electron chi connectivity index (χ0n) is 12.7. The summed E-state index contributed by atoms with van der Waals surface area (Å²) in [5, 5.41) is 5.67. The minimum absolute atomic E-state index is 0.0136. The van der Waals surface area contributed by atoms with E-state index in [2.05, 4.69) is 17.6 Å². The Labute approximate surface area is 125 Å². The van der Waals surface area contributed by atoms with E-state index in [0.29, 0.717) is 19.1 Å². The summed E-state index contributed by atoms with van der Waals surface area (Å²) in [5.41, 5.74) is 2.06. The summed E-state index contributed by atoms with van der Waals surface area (Å²) in [6.45, 7) is 4.54. The number of amides is 3. The molecule has 0 spiro atoms. The molecule has 2 N–H and O–H groups in total. The van der Waals surface area contributed by atoms with Gasteiger partial charge in [-0.1, -0.05) is 25.1 Å². The lowest BCUT2D eigenvalue weighted by molar-refractivity contribution is -0.116. The lowest BCUT2D eigenvalue weighted by Crippen LogP contribution is -2.42. The Balaban J connectivity index is 1.92. The molecule has 0 atom stereocenters. The molecule has 1 aromatic carbocycles. The predicted molar refractivity (Wildman–Crippen MR) is 83.4 cm³/mol. The van der Waals surface area contributed by atoms with Gasteiger partial charge in [0.25, 0.3) is 0 Å². The van der Waals surface area contributed by atoms with Crippen LogP contribution >= 0.6 is 0 Å². The van der Waals surface area contributed by atoms with Gasteiger partial charge in [-0.05, 0) is 30.9 Å². The molecule has 5 nitrogen and oxygen atoms in total. The van der Waals surface area contributed by atoms with Gasteiger partial charge in [0.05, 0.1) is 0 Å². The van der Waals surface area contributed by atoms with Crippen molar-refractivity contribution in [1.82, 2.24) is 10.6 Å². The number of aryl methyl sites for hydroxylation is 1. The van der Waals surface area contributed by atoms with Crippen molar-refractivity contribution in [3.63, 3.8) is 0 Å². The molecular weight excluding hydrogens is 266 g/mol. The fourth-order valence-electron chi connectivity index (χ4n) is 2.27. The summed E-state index contributed by atoms with van der Waals surface area (Å²) < 4.78 is 0. The highest BCUT2D eigenvalue weighted by molar-refractivity contribution is 5.92. The van der Waals surface area contributed by atoms with Crippen LogP contribution in [0.15, 0.2) is 24.3 Å². The van der Waals surface area contributed by atoms with Crippen LogP contribution in [0.25, 0.3) is 0 Å². The first-order chi connectivity index (χ1) is 10.1. The molecule has 0 unspecified atom stereocenters. The monoisotopic (exact) mass is 289 g/mol. The van der Waals surface area contributed by atoms with Gasteiger partial charge < -0.3 is 15.5 Å². The van der Waals surface area contributed by atoms with Crippen LogP contribution in [0.2, 0.25) is 0 Å². The number of rotatable bonds is 6. The molecule has 0 heterocycles. The number of para-hydroxylation sites is 1. The van der Waals surface area contributed by atoms with Crippen LogP contribution in [-0.4, -0.2) is 31.1 Å². The maximum Gasteiger partial charge on any atom is 0.315 e. The zero-order valence-corrected chi connectivity index (χ0v) is 12.7. The summed E-state index contributed by atoms with van der Waals surface area (Å²) in [6, 6.07) is 8.07. The predicted octanol–water partition coefficient (Wildman–Crippen LogP) is 2.06. The average Bonchev–Trinajstić information content (AvgIpc) is 3.27. The first-order valence-corrected chi connectivity index (χ1v) is 7.52. The van der Waals surface area contributed by atoms with E-state index in [0.717, 1.165) is 30.5 Å². The largest absolute Gasteiger partial charge is 0.336 e. The van der Waals surface area contributed by atoms with Gasteiger partial charge in [-0.3, -0.25) is 4.79 Å². The number of hydrogen-bond donors (Lipinski definition) is 2. The third-order valence-corrected chi connectivity index (χ3v) is 3.58. The van der Waals surface area contributed by atoms with Crippen molar-refractivity contribution >= 4 is 17.6 Å². The summed E-state index contributed by atoms with van der Waals surface area (Å²) >= 11 is 0. The van der Waals surface area contributed by atoms with Crippen molar-refractivity contribution in [2.45, 2.75) is 39.2 Å². The van der Waals surface area contributed by atoms with Crippen LogP contribution in [0.3, 0.4) is 0 Å². The molecule has 0 radical (unpaired) electrons. The van der Waals surface area contributed by atoms with Gasteiger partial charge in [0.1, 0.15) is 0 Å². The van der Waals surface area contributed by atoms with E-state index < -0.39 is 0 Å². The van der Waals surface area contributed by atoms with Crippen LogP contribution < -0.4 is 15.5 Å². The number of anilines is 1. The van der Waals surface area contributed by atoms with Crippen molar-refractivity contribution in [3.8, 4) is 0 Å². The number of nitrogens with zero attached hydrogens (tertiary/aromatic N) is 1. The van der Waals surface area contributed by atoms with Gasteiger partial charge in [-0.25, -0.2) is 4.79 Å². The average molecular weight is 289 g/mol. The molecule has 5 heteroatoms. The molecule has 0 aliphatic heterocycles. The maximum atomic E-state index is 11.9. The Morgan fingerprint density at radius 1 is 1.29 bits per heavy atom. The summed E-state index contributed by atoms with van der Waals surface area (Å²) in [6.07, 6.45) is 3.00. The zero-order chi connectivity index (χ0) is 15.2. The van der Waals surface area contributed by atoms with Gasteiger partial charge in [0.15, 0.2) is 0 Å². The van der Waals surface area contributed by atoms with Crippen LogP contribution in [0, 0.1) is 0 Å². The smallest absolute Gasteiger partial charge is 0.315 e. The van der Waals surface area contributed by atoms with E-state index in [1.165, 1.54) is 0 Å².